The van der Waals surface area contributed by atoms with Gasteiger partial charge >= 0.3 is 0 Å². The molecule has 0 aromatic heterocycles. The molecule has 3 aromatic rings. The first-order valence-electron chi connectivity index (χ1n) is 9.28. The summed E-state index contributed by atoms with van der Waals surface area (Å²) >= 11 is 0. The van der Waals surface area contributed by atoms with Crippen LogP contribution < -0.4 is 9.47 Å². The lowest BCUT2D eigenvalue weighted by Crippen LogP contribution is -2.33. The maximum absolute atomic E-state index is 9.64. The lowest BCUT2D eigenvalue weighted by Gasteiger charge is -2.38. The van der Waals surface area contributed by atoms with E-state index >= 15 is 0 Å². The number of hydrogen-bond acceptors (Lipinski definition) is 5. The molecule has 3 aromatic carbocycles. The molecule has 0 saturated heterocycles. The number of methoxy groups -OCH3 is 1. The van der Waals surface area contributed by atoms with Crippen LogP contribution in [0.2, 0.25) is 0 Å². The number of aromatic hydroxyl groups is 1. The Morgan fingerprint density at radius 2 is 1.75 bits per heavy atom. The second-order valence-electron chi connectivity index (χ2n) is 6.97. The average Bonchev–Trinajstić information content (AvgIpc) is 3.20. The quantitative estimate of drug-likeness (QED) is 0.728. The van der Waals surface area contributed by atoms with E-state index in [9.17, 15) is 5.11 Å². The molecule has 0 saturated carbocycles. The maximum Gasteiger partial charge on any atom is 0.213 e. The summed E-state index contributed by atoms with van der Waals surface area (Å²) in [5, 5.41) is 16.6. The van der Waals surface area contributed by atoms with E-state index < -0.39 is 0 Å². The number of phenols is 1. The SMILES string of the molecule is COc1ccc(C2=NN3[C@H](C2)c2ccccc2O[C@@H]3c2ccc(O)cc2)cc1. The predicted octanol–water partition coefficient (Wildman–Crippen LogP) is 4.64. The highest BCUT2D eigenvalue weighted by Gasteiger charge is 2.40. The Hall–Kier alpha value is -3.47. The van der Waals surface area contributed by atoms with Crippen molar-refractivity contribution in [1.29, 1.82) is 0 Å². The van der Waals surface area contributed by atoms with E-state index in [4.69, 9.17) is 14.6 Å². The molecule has 2 aliphatic rings. The highest BCUT2D eigenvalue weighted by atomic mass is 16.5. The summed E-state index contributed by atoms with van der Waals surface area (Å²) < 4.78 is 11.6. The van der Waals surface area contributed by atoms with Gasteiger partial charge in [0.15, 0.2) is 0 Å². The molecule has 1 N–H and O–H groups in total. The van der Waals surface area contributed by atoms with E-state index in [1.807, 2.05) is 59.6 Å². The summed E-state index contributed by atoms with van der Waals surface area (Å²) in [6, 6.07) is 23.4. The van der Waals surface area contributed by atoms with Crippen LogP contribution in [0.3, 0.4) is 0 Å². The first-order valence-corrected chi connectivity index (χ1v) is 9.28. The second kappa shape index (κ2) is 6.60. The van der Waals surface area contributed by atoms with Crippen molar-refractivity contribution >= 4 is 5.71 Å². The first-order chi connectivity index (χ1) is 13.7. The molecule has 0 bridgehead atoms. The minimum absolute atomic E-state index is 0.112. The molecule has 2 atom stereocenters. The van der Waals surface area contributed by atoms with E-state index in [1.165, 1.54) is 0 Å². The van der Waals surface area contributed by atoms with Gasteiger partial charge < -0.3 is 14.6 Å². The van der Waals surface area contributed by atoms with Crippen molar-refractivity contribution in [2.75, 3.05) is 7.11 Å². The standard InChI is InChI=1S/C23H20N2O3/c1-27-18-12-8-15(9-13-18)20-14-21-19-4-2-3-5-22(19)28-23(25(21)24-20)16-6-10-17(26)11-7-16/h2-13,21,23,26H,14H2,1H3/t21-,23-/m1/s1. The van der Waals surface area contributed by atoms with Crippen LogP contribution in [0.1, 0.15) is 35.4 Å². The Kier molecular flexibility index (Phi) is 3.93. The van der Waals surface area contributed by atoms with Crippen LogP contribution in [0.15, 0.2) is 77.9 Å². The van der Waals surface area contributed by atoms with Gasteiger partial charge in [-0.25, -0.2) is 5.01 Å². The van der Waals surface area contributed by atoms with Crippen molar-refractivity contribution in [2.24, 2.45) is 5.10 Å². The van der Waals surface area contributed by atoms with Gasteiger partial charge in [0.05, 0.1) is 18.9 Å². The monoisotopic (exact) mass is 372 g/mol. The van der Waals surface area contributed by atoms with Crippen LogP contribution >= 0.6 is 0 Å². The summed E-state index contributed by atoms with van der Waals surface area (Å²) in [7, 11) is 1.67. The summed E-state index contributed by atoms with van der Waals surface area (Å²) in [5.41, 5.74) is 4.20. The van der Waals surface area contributed by atoms with Crippen LogP contribution in [0, 0.1) is 0 Å². The number of hydrazone groups is 1. The number of fused-ring (bicyclic) bond motifs is 3. The molecule has 5 rings (SSSR count). The number of phenolic OH excluding ortho intramolecular Hbond substituents is 1. The van der Waals surface area contributed by atoms with Gasteiger partial charge in [-0.3, -0.25) is 0 Å². The lowest BCUT2D eigenvalue weighted by atomic mass is 9.96. The van der Waals surface area contributed by atoms with Gasteiger partial charge in [0.2, 0.25) is 6.23 Å². The summed E-state index contributed by atoms with van der Waals surface area (Å²) in [5.74, 6) is 1.95. The third-order valence-electron chi connectivity index (χ3n) is 5.30. The molecule has 0 aliphatic carbocycles. The van der Waals surface area contributed by atoms with Crippen molar-refractivity contribution in [3.05, 3.63) is 89.5 Å². The van der Waals surface area contributed by atoms with Gasteiger partial charge in [-0.15, -0.1) is 0 Å². The molecule has 0 fully saturated rings. The van der Waals surface area contributed by atoms with Gasteiger partial charge in [0.1, 0.15) is 17.2 Å². The molecule has 5 nitrogen and oxygen atoms in total. The van der Waals surface area contributed by atoms with Crippen LogP contribution in [-0.4, -0.2) is 22.9 Å². The van der Waals surface area contributed by atoms with Crippen LogP contribution in [0.4, 0.5) is 0 Å². The van der Waals surface area contributed by atoms with Crippen molar-refractivity contribution in [3.8, 4) is 17.2 Å². The van der Waals surface area contributed by atoms with Crippen LogP contribution in [0.5, 0.6) is 17.2 Å². The number of para-hydroxylation sites is 1. The Morgan fingerprint density at radius 1 is 1.00 bits per heavy atom. The van der Waals surface area contributed by atoms with Crippen molar-refractivity contribution in [2.45, 2.75) is 18.7 Å². The number of nitrogens with zero attached hydrogens (tertiary/aromatic N) is 2. The predicted molar refractivity (Wildman–Crippen MR) is 107 cm³/mol. The summed E-state index contributed by atoms with van der Waals surface area (Å²) in [6.45, 7) is 0. The molecular weight excluding hydrogens is 352 g/mol. The summed E-state index contributed by atoms with van der Waals surface area (Å²) in [4.78, 5) is 0. The Balaban J connectivity index is 1.56. The molecule has 0 spiro atoms. The Morgan fingerprint density at radius 3 is 2.50 bits per heavy atom. The van der Waals surface area contributed by atoms with E-state index in [0.29, 0.717) is 0 Å². The molecular formula is C23H20N2O3. The number of ether oxygens (including phenoxy) is 2. The molecule has 0 unspecified atom stereocenters. The van der Waals surface area contributed by atoms with Gasteiger partial charge in [0.25, 0.3) is 0 Å². The molecule has 140 valence electrons. The highest BCUT2D eigenvalue weighted by Crippen LogP contribution is 2.47. The van der Waals surface area contributed by atoms with Crippen molar-refractivity contribution in [1.82, 2.24) is 5.01 Å². The van der Waals surface area contributed by atoms with E-state index in [2.05, 4.69) is 6.07 Å². The molecule has 5 heteroatoms. The van der Waals surface area contributed by atoms with Gasteiger partial charge in [-0.1, -0.05) is 18.2 Å². The largest absolute Gasteiger partial charge is 0.508 e. The van der Waals surface area contributed by atoms with Crippen LogP contribution in [0.25, 0.3) is 0 Å². The maximum atomic E-state index is 9.64. The highest BCUT2D eigenvalue weighted by molar-refractivity contribution is 6.02. The number of rotatable bonds is 3. The van der Waals surface area contributed by atoms with Gasteiger partial charge in [0, 0.05) is 17.5 Å². The zero-order valence-corrected chi connectivity index (χ0v) is 15.4. The molecule has 28 heavy (non-hydrogen) atoms. The number of hydrogen-bond donors (Lipinski definition) is 1. The second-order valence-corrected chi connectivity index (χ2v) is 6.97. The first kappa shape index (κ1) is 16.7. The topological polar surface area (TPSA) is 54.3 Å². The Labute approximate surface area is 163 Å². The third kappa shape index (κ3) is 2.76. The minimum Gasteiger partial charge on any atom is -0.508 e. The summed E-state index contributed by atoms with van der Waals surface area (Å²) in [6.07, 6.45) is 0.470. The minimum atomic E-state index is -0.337. The fourth-order valence-electron chi connectivity index (χ4n) is 3.85. The number of benzene rings is 3. The zero-order valence-electron chi connectivity index (χ0n) is 15.4. The molecule has 2 aliphatic heterocycles. The zero-order chi connectivity index (χ0) is 19.1. The van der Waals surface area contributed by atoms with E-state index in [0.717, 1.165) is 40.3 Å². The Bertz CT molecular complexity index is 1030. The average molecular weight is 372 g/mol. The molecule has 2 heterocycles. The smallest absolute Gasteiger partial charge is 0.213 e. The van der Waals surface area contributed by atoms with Gasteiger partial charge in [-0.05, 0) is 60.2 Å². The fraction of sp³-hybridized carbons (Fsp3) is 0.174. The molecule has 0 radical (unpaired) electrons. The van der Waals surface area contributed by atoms with E-state index in [1.54, 1.807) is 19.2 Å². The van der Waals surface area contributed by atoms with Crippen molar-refractivity contribution < 1.29 is 14.6 Å². The fourth-order valence-corrected chi connectivity index (χ4v) is 3.85. The normalized spacial score (nSPS) is 20.0. The van der Waals surface area contributed by atoms with Crippen LogP contribution in [-0.2, 0) is 0 Å². The van der Waals surface area contributed by atoms with Crippen molar-refractivity contribution in [3.63, 3.8) is 0 Å². The van der Waals surface area contributed by atoms with Gasteiger partial charge in [-0.2, -0.15) is 5.10 Å². The lowest BCUT2D eigenvalue weighted by molar-refractivity contribution is -0.0190. The van der Waals surface area contributed by atoms with E-state index in [-0.39, 0.29) is 18.0 Å². The third-order valence-corrected chi connectivity index (χ3v) is 5.30. The molecule has 0 amide bonds.